The molecule has 0 radical (unpaired) electrons. The van der Waals surface area contributed by atoms with E-state index in [0.717, 1.165) is 29.5 Å². The lowest BCUT2D eigenvalue weighted by atomic mass is 10.1. The lowest BCUT2D eigenvalue weighted by Gasteiger charge is -2.15. The van der Waals surface area contributed by atoms with Crippen LogP contribution in [0.15, 0.2) is 18.2 Å². The molecule has 20 heavy (non-hydrogen) atoms. The minimum absolute atomic E-state index is 0.246. The first-order chi connectivity index (χ1) is 9.54. The highest BCUT2D eigenvalue weighted by atomic mass is 35.5. The van der Waals surface area contributed by atoms with Crippen LogP contribution in [0.2, 0.25) is 5.02 Å². The van der Waals surface area contributed by atoms with Crippen molar-refractivity contribution >= 4 is 11.6 Å². The van der Waals surface area contributed by atoms with Crippen LogP contribution in [-0.4, -0.2) is 26.4 Å². The maximum atomic E-state index is 6.29. The normalized spacial score (nSPS) is 12.7. The van der Waals surface area contributed by atoms with Crippen molar-refractivity contribution in [1.82, 2.24) is 5.32 Å². The molecule has 4 heteroatoms. The van der Waals surface area contributed by atoms with Gasteiger partial charge in [-0.15, -0.1) is 0 Å². The van der Waals surface area contributed by atoms with Crippen LogP contribution in [0.5, 0.6) is 5.75 Å². The Morgan fingerprint density at radius 2 is 1.95 bits per heavy atom. The van der Waals surface area contributed by atoms with Gasteiger partial charge in [0, 0.05) is 17.7 Å². The third-order valence-electron chi connectivity index (χ3n) is 2.90. The molecular formula is C16H26ClNO2. The van der Waals surface area contributed by atoms with Crippen molar-refractivity contribution in [3.8, 4) is 5.75 Å². The standard InChI is InChI=1S/C16H26ClNO2/c1-5-18-13(4)15-7-6-14(10-16(15)17)20-9-8-19-11-12(2)3/h6-7,10,12-13,18H,5,8-9,11H2,1-4H3. The fraction of sp³-hybridized carbons (Fsp3) is 0.625. The molecule has 0 spiro atoms. The summed E-state index contributed by atoms with van der Waals surface area (Å²) in [6.45, 7) is 11.3. The first-order valence-electron chi connectivity index (χ1n) is 7.28. The molecule has 3 nitrogen and oxygen atoms in total. The Bertz CT molecular complexity index is 396. The number of halogens is 1. The average molecular weight is 300 g/mol. The van der Waals surface area contributed by atoms with Crippen LogP contribution in [-0.2, 0) is 4.74 Å². The van der Waals surface area contributed by atoms with Gasteiger partial charge in [0.25, 0.3) is 0 Å². The summed E-state index contributed by atoms with van der Waals surface area (Å²) in [4.78, 5) is 0. The minimum atomic E-state index is 0.246. The summed E-state index contributed by atoms with van der Waals surface area (Å²) in [6, 6.07) is 6.08. The summed E-state index contributed by atoms with van der Waals surface area (Å²) < 4.78 is 11.1. The molecule has 0 aliphatic carbocycles. The molecule has 0 aromatic heterocycles. The molecule has 0 saturated heterocycles. The van der Waals surface area contributed by atoms with E-state index in [-0.39, 0.29) is 6.04 Å². The van der Waals surface area contributed by atoms with Crippen LogP contribution in [0.25, 0.3) is 0 Å². The van der Waals surface area contributed by atoms with Gasteiger partial charge < -0.3 is 14.8 Å². The van der Waals surface area contributed by atoms with Crippen LogP contribution in [0.3, 0.4) is 0 Å². The van der Waals surface area contributed by atoms with E-state index in [0.29, 0.717) is 19.1 Å². The largest absolute Gasteiger partial charge is 0.491 e. The van der Waals surface area contributed by atoms with E-state index in [2.05, 4.69) is 33.0 Å². The van der Waals surface area contributed by atoms with Crippen molar-refractivity contribution < 1.29 is 9.47 Å². The van der Waals surface area contributed by atoms with Crippen LogP contribution in [0.1, 0.15) is 39.3 Å². The summed E-state index contributed by atoms with van der Waals surface area (Å²) >= 11 is 6.29. The summed E-state index contributed by atoms with van der Waals surface area (Å²) in [6.07, 6.45) is 0. The molecule has 0 heterocycles. The van der Waals surface area contributed by atoms with Gasteiger partial charge in [-0.3, -0.25) is 0 Å². The lowest BCUT2D eigenvalue weighted by Crippen LogP contribution is -2.18. The highest BCUT2D eigenvalue weighted by Crippen LogP contribution is 2.27. The third kappa shape index (κ3) is 6.12. The first kappa shape index (κ1) is 17.3. The van der Waals surface area contributed by atoms with Crippen molar-refractivity contribution in [3.05, 3.63) is 28.8 Å². The fourth-order valence-corrected chi connectivity index (χ4v) is 2.24. The summed E-state index contributed by atoms with van der Waals surface area (Å²) in [5.41, 5.74) is 1.09. The zero-order valence-corrected chi connectivity index (χ0v) is 13.7. The van der Waals surface area contributed by atoms with Gasteiger partial charge in [-0.25, -0.2) is 0 Å². The number of hydrogen-bond acceptors (Lipinski definition) is 3. The van der Waals surface area contributed by atoms with E-state index < -0.39 is 0 Å². The Balaban J connectivity index is 2.43. The number of benzene rings is 1. The molecule has 0 fully saturated rings. The van der Waals surface area contributed by atoms with Crippen molar-refractivity contribution in [2.45, 2.75) is 33.7 Å². The van der Waals surface area contributed by atoms with E-state index in [1.165, 1.54) is 0 Å². The minimum Gasteiger partial charge on any atom is -0.491 e. The van der Waals surface area contributed by atoms with Gasteiger partial charge in [0.15, 0.2) is 0 Å². The highest BCUT2D eigenvalue weighted by molar-refractivity contribution is 6.31. The Hall–Kier alpha value is -0.770. The molecule has 0 bridgehead atoms. The molecule has 0 saturated carbocycles. The van der Waals surface area contributed by atoms with E-state index >= 15 is 0 Å². The van der Waals surface area contributed by atoms with Crippen LogP contribution < -0.4 is 10.1 Å². The quantitative estimate of drug-likeness (QED) is 0.698. The topological polar surface area (TPSA) is 30.5 Å². The van der Waals surface area contributed by atoms with Gasteiger partial charge in [-0.2, -0.15) is 0 Å². The van der Waals surface area contributed by atoms with E-state index in [4.69, 9.17) is 21.1 Å². The lowest BCUT2D eigenvalue weighted by molar-refractivity contribution is 0.0819. The summed E-state index contributed by atoms with van der Waals surface area (Å²) in [7, 11) is 0. The van der Waals surface area contributed by atoms with Crippen molar-refractivity contribution in [3.63, 3.8) is 0 Å². The van der Waals surface area contributed by atoms with E-state index in [1.807, 2.05) is 18.2 Å². The predicted molar refractivity (Wildman–Crippen MR) is 84.7 cm³/mol. The average Bonchev–Trinajstić information content (AvgIpc) is 2.38. The van der Waals surface area contributed by atoms with Crippen molar-refractivity contribution in [2.75, 3.05) is 26.4 Å². The molecule has 1 unspecified atom stereocenters. The van der Waals surface area contributed by atoms with Crippen LogP contribution in [0.4, 0.5) is 0 Å². The molecule has 0 aliphatic heterocycles. The number of ether oxygens (including phenoxy) is 2. The van der Waals surface area contributed by atoms with Gasteiger partial charge in [-0.05, 0) is 37.1 Å². The second kappa shape index (κ2) is 9.22. The van der Waals surface area contributed by atoms with Crippen molar-refractivity contribution in [2.24, 2.45) is 5.92 Å². The van der Waals surface area contributed by atoms with Gasteiger partial charge in [0.1, 0.15) is 12.4 Å². The Kier molecular flexibility index (Phi) is 7.97. The molecular weight excluding hydrogens is 274 g/mol. The van der Waals surface area contributed by atoms with Gasteiger partial charge in [-0.1, -0.05) is 38.4 Å². The number of hydrogen-bond donors (Lipinski definition) is 1. The second-order valence-corrected chi connectivity index (χ2v) is 5.69. The molecule has 0 amide bonds. The van der Waals surface area contributed by atoms with Crippen LogP contribution in [0, 0.1) is 5.92 Å². The summed E-state index contributed by atoms with van der Waals surface area (Å²) in [5, 5.41) is 4.08. The van der Waals surface area contributed by atoms with Gasteiger partial charge >= 0.3 is 0 Å². The molecule has 1 aromatic rings. The Morgan fingerprint density at radius 1 is 1.20 bits per heavy atom. The molecule has 1 rings (SSSR count). The third-order valence-corrected chi connectivity index (χ3v) is 3.22. The maximum Gasteiger partial charge on any atom is 0.120 e. The second-order valence-electron chi connectivity index (χ2n) is 5.28. The zero-order valence-electron chi connectivity index (χ0n) is 12.9. The Morgan fingerprint density at radius 3 is 2.55 bits per heavy atom. The van der Waals surface area contributed by atoms with Crippen molar-refractivity contribution in [1.29, 1.82) is 0 Å². The Labute approximate surface area is 127 Å². The monoisotopic (exact) mass is 299 g/mol. The van der Waals surface area contributed by atoms with Gasteiger partial charge in [0.2, 0.25) is 0 Å². The molecule has 1 N–H and O–H groups in total. The van der Waals surface area contributed by atoms with E-state index in [9.17, 15) is 0 Å². The highest BCUT2D eigenvalue weighted by Gasteiger charge is 2.09. The first-order valence-corrected chi connectivity index (χ1v) is 7.65. The summed E-state index contributed by atoms with van der Waals surface area (Å²) in [5.74, 6) is 1.34. The van der Waals surface area contributed by atoms with E-state index in [1.54, 1.807) is 0 Å². The molecule has 0 aliphatic rings. The molecule has 114 valence electrons. The number of nitrogens with one attached hydrogen (secondary N) is 1. The maximum absolute atomic E-state index is 6.29. The molecule has 1 atom stereocenters. The van der Waals surface area contributed by atoms with Crippen LogP contribution >= 0.6 is 11.6 Å². The predicted octanol–water partition coefficient (Wildman–Crippen LogP) is 4.06. The smallest absolute Gasteiger partial charge is 0.120 e. The number of rotatable bonds is 9. The fourth-order valence-electron chi connectivity index (χ4n) is 1.90. The SMILES string of the molecule is CCNC(C)c1ccc(OCCOCC(C)C)cc1Cl. The zero-order chi connectivity index (χ0) is 15.0. The molecule has 1 aromatic carbocycles. The van der Waals surface area contributed by atoms with Gasteiger partial charge in [0.05, 0.1) is 6.61 Å².